The molecule has 1 aromatic carbocycles. The first kappa shape index (κ1) is 42.0. The van der Waals surface area contributed by atoms with Gasteiger partial charge >= 0.3 is 6.03 Å². The van der Waals surface area contributed by atoms with Gasteiger partial charge in [-0.25, -0.2) is 18.8 Å². The van der Waals surface area contributed by atoms with Gasteiger partial charge in [0.05, 0.1) is 82.4 Å². The second-order valence-electron chi connectivity index (χ2n) is 18.6. The van der Waals surface area contributed by atoms with Crippen LogP contribution in [-0.2, 0) is 10.3 Å². The molecule has 0 spiro atoms. The van der Waals surface area contributed by atoms with Crippen LogP contribution in [0.2, 0.25) is 0 Å². The third kappa shape index (κ3) is 8.43. The average molecular weight is 879 g/mol. The lowest BCUT2D eigenvalue weighted by Gasteiger charge is -2.38. The minimum atomic E-state index is -0.403. The van der Waals surface area contributed by atoms with Crippen molar-refractivity contribution in [3.05, 3.63) is 90.5 Å². The number of tetrazole rings is 1. The summed E-state index contributed by atoms with van der Waals surface area (Å²) >= 11 is 0. The number of hydrogen-bond acceptors (Lipinski definition) is 12. The Hall–Kier alpha value is -7.02. The van der Waals surface area contributed by atoms with Crippen molar-refractivity contribution in [3.8, 4) is 22.5 Å². The number of amides is 4. The van der Waals surface area contributed by atoms with Crippen molar-refractivity contribution in [2.75, 3.05) is 49.1 Å². The van der Waals surface area contributed by atoms with Crippen LogP contribution in [0.25, 0.3) is 33.5 Å². The maximum Gasteiger partial charge on any atom is 0.328 e. The number of piperidine rings is 2. The van der Waals surface area contributed by atoms with E-state index < -0.39 is 6.03 Å². The van der Waals surface area contributed by atoms with Crippen molar-refractivity contribution in [3.63, 3.8) is 0 Å². The lowest BCUT2D eigenvalue weighted by atomic mass is 9.94. The van der Waals surface area contributed by atoms with E-state index in [0.717, 1.165) is 109 Å². The zero-order chi connectivity index (χ0) is 45.0. The number of carbonyl (C=O) groups is 3. The molecule has 0 unspecified atom stereocenters. The maximum absolute atomic E-state index is 13.0. The standard InChI is InChI=1S/C46H54N16O3/c1-29-22-32(6-8-36(29)30(2)50-44(64)43-53-55-62(54-43)46(3,4)5)42-39-10-16-47-61(39)28-37(51-42)33-23-48-59(26-33)34-13-17-56(18-14-34)25-31-11-19-57(20-12-31)35-7-9-38-40(24-49-60(38)27-35)58-21-15-41(63)52-45(58)65/h6-10,16,22-24,26-28,30-31,34H,11-15,17-21,25H2,1-5H3,(H,50,64)(H,52,63,65)/t30-/m1/s1. The largest absolute Gasteiger partial charge is 0.370 e. The molecule has 9 heterocycles. The second-order valence-corrected chi connectivity index (χ2v) is 18.6. The average Bonchev–Trinajstić information content (AvgIpc) is 4.14. The number of rotatable bonds is 10. The second kappa shape index (κ2) is 16.8. The number of nitrogens with one attached hydrogen (secondary N) is 2. The highest BCUT2D eigenvalue weighted by molar-refractivity contribution is 6.07. The van der Waals surface area contributed by atoms with E-state index in [2.05, 4.69) is 69.1 Å². The van der Waals surface area contributed by atoms with Crippen LogP contribution in [0.3, 0.4) is 0 Å². The number of likely N-dealkylation sites (tertiary alicyclic amines) is 1. The van der Waals surface area contributed by atoms with Crippen molar-refractivity contribution in [2.24, 2.45) is 5.92 Å². The molecule has 336 valence electrons. The highest BCUT2D eigenvalue weighted by Gasteiger charge is 2.29. The summed E-state index contributed by atoms with van der Waals surface area (Å²) in [7, 11) is 0. The number of imide groups is 1. The number of hydrogen-bond donors (Lipinski definition) is 2. The predicted molar refractivity (Wildman–Crippen MR) is 243 cm³/mol. The number of aryl methyl sites for hydroxylation is 1. The zero-order valence-corrected chi connectivity index (χ0v) is 37.4. The number of pyridine rings is 1. The topological polar surface area (TPSA) is 194 Å². The fourth-order valence-electron chi connectivity index (χ4n) is 9.44. The van der Waals surface area contributed by atoms with E-state index in [0.29, 0.717) is 24.2 Å². The minimum absolute atomic E-state index is 0.0377. The molecule has 0 aliphatic carbocycles. The molecule has 10 rings (SSSR count). The third-order valence-corrected chi connectivity index (χ3v) is 13.1. The summed E-state index contributed by atoms with van der Waals surface area (Å²) in [6.45, 7) is 15.4. The van der Waals surface area contributed by atoms with Crippen LogP contribution in [0.15, 0.2) is 73.6 Å². The minimum Gasteiger partial charge on any atom is -0.370 e. The first-order valence-corrected chi connectivity index (χ1v) is 22.5. The molecule has 4 amide bonds. The van der Waals surface area contributed by atoms with Crippen molar-refractivity contribution < 1.29 is 14.4 Å². The monoisotopic (exact) mass is 878 g/mol. The van der Waals surface area contributed by atoms with Crippen molar-refractivity contribution >= 4 is 40.3 Å². The Labute approximate surface area is 375 Å². The van der Waals surface area contributed by atoms with Gasteiger partial charge in [-0.1, -0.05) is 12.1 Å². The van der Waals surface area contributed by atoms with Gasteiger partial charge < -0.3 is 15.1 Å². The molecule has 1 atom stereocenters. The Morgan fingerprint density at radius 3 is 2.43 bits per heavy atom. The summed E-state index contributed by atoms with van der Waals surface area (Å²) in [4.78, 5) is 50.4. The van der Waals surface area contributed by atoms with E-state index in [-0.39, 0.29) is 35.6 Å². The molecule has 19 heteroatoms. The molecule has 3 saturated heterocycles. The van der Waals surface area contributed by atoms with Gasteiger partial charge in [-0.05, 0) is 107 Å². The van der Waals surface area contributed by atoms with Gasteiger partial charge in [0, 0.05) is 63.0 Å². The van der Waals surface area contributed by atoms with Crippen molar-refractivity contribution in [1.29, 1.82) is 0 Å². The SMILES string of the molecule is Cc1cc(-c2nc(-c3cnn(C4CCN(CC5CCN(c6ccc7c(N8CCC(=O)NC8=O)cnn7c6)CC5)CC4)c3)cn3nccc23)ccc1[C@@H](C)NC(=O)c1nnn(C(C)(C)C)n1. The van der Waals surface area contributed by atoms with Gasteiger partial charge in [-0.15, -0.1) is 10.2 Å². The third-order valence-electron chi connectivity index (χ3n) is 13.1. The Morgan fingerprint density at radius 1 is 0.877 bits per heavy atom. The summed E-state index contributed by atoms with van der Waals surface area (Å²) in [6.07, 6.45) is 16.1. The number of urea groups is 1. The van der Waals surface area contributed by atoms with Crippen molar-refractivity contribution in [1.82, 2.24) is 69.7 Å². The zero-order valence-electron chi connectivity index (χ0n) is 37.4. The molecule has 2 N–H and O–H groups in total. The Kier molecular flexibility index (Phi) is 10.9. The predicted octanol–water partition coefficient (Wildman–Crippen LogP) is 5.45. The van der Waals surface area contributed by atoms with E-state index >= 15 is 0 Å². The molecule has 7 aromatic rings. The first-order chi connectivity index (χ1) is 31.3. The molecule has 0 radical (unpaired) electrons. The Balaban J connectivity index is 0.740. The van der Waals surface area contributed by atoms with Crippen LogP contribution >= 0.6 is 0 Å². The number of anilines is 2. The van der Waals surface area contributed by atoms with E-state index in [1.165, 1.54) is 4.80 Å². The summed E-state index contributed by atoms with van der Waals surface area (Å²) in [5.41, 5.74) is 8.70. The van der Waals surface area contributed by atoms with E-state index in [4.69, 9.17) is 10.1 Å². The Bertz CT molecular complexity index is 2910. The molecule has 0 saturated carbocycles. The molecule has 65 heavy (non-hydrogen) atoms. The van der Waals surface area contributed by atoms with Crippen LogP contribution in [0.5, 0.6) is 0 Å². The molecule has 3 fully saturated rings. The van der Waals surface area contributed by atoms with Gasteiger partial charge in [-0.3, -0.25) is 24.5 Å². The van der Waals surface area contributed by atoms with Crippen molar-refractivity contribution in [2.45, 2.75) is 84.3 Å². The van der Waals surface area contributed by atoms with Gasteiger partial charge in [0.25, 0.3) is 11.7 Å². The molecular weight excluding hydrogens is 825 g/mol. The first-order valence-electron chi connectivity index (χ1n) is 22.5. The number of nitrogens with zero attached hydrogens (tertiary/aromatic N) is 14. The summed E-state index contributed by atoms with van der Waals surface area (Å²) in [5, 5.41) is 31.7. The lowest BCUT2D eigenvalue weighted by molar-refractivity contribution is -0.120. The normalized spacial score (nSPS) is 17.6. The molecular formula is C46H54N16O3. The molecule has 0 bridgehead atoms. The van der Waals surface area contributed by atoms with Gasteiger partial charge in [0.2, 0.25) is 5.91 Å². The van der Waals surface area contributed by atoms with E-state index in [1.807, 2.05) is 86.5 Å². The number of aromatic nitrogens is 11. The quantitative estimate of drug-likeness (QED) is 0.177. The van der Waals surface area contributed by atoms with Crippen LogP contribution in [0.4, 0.5) is 16.2 Å². The molecule has 3 aliphatic heterocycles. The summed E-state index contributed by atoms with van der Waals surface area (Å²) in [6, 6.07) is 11.9. The smallest absolute Gasteiger partial charge is 0.328 e. The van der Waals surface area contributed by atoms with E-state index in [1.54, 1.807) is 17.3 Å². The molecule has 6 aromatic heterocycles. The molecule has 3 aliphatic rings. The Morgan fingerprint density at radius 2 is 1.68 bits per heavy atom. The summed E-state index contributed by atoms with van der Waals surface area (Å²) < 4.78 is 5.82. The van der Waals surface area contributed by atoms with Gasteiger partial charge in [0.1, 0.15) is 0 Å². The maximum atomic E-state index is 13.0. The van der Waals surface area contributed by atoms with Crippen LogP contribution in [0.1, 0.15) is 93.6 Å². The highest BCUT2D eigenvalue weighted by Crippen LogP contribution is 2.33. The van der Waals surface area contributed by atoms with E-state index in [9.17, 15) is 14.4 Å². The summed E-state index contributed by atoms with van der Waals surface area (Å²) in [5.74, 6) is 0.0580. The van der Waals surface area contributed by atoms with Crippen LogP contribution < -0.4 is 20.4 Å². The number of benzene rings is 1. The number of carbonyl (C=O) groups excluding carboxylic acids is 3. The van der Waals surface area contributed by atoms with Gasteiger partial charge in [0.15, 0.2) is 0 Å². The fraction of sp³-hybridized carbons (Fsp3) is 0.435. The number of fused-ring (bicyclic) bond motifs is 2. The lowest BCUT2D eigenvalue weighted by Crippen LogP contribution is -2.49. The van der Waals surface area contributed by atoms with Gasteiger partial charge in [-0.2, -0.15) is 20.1 Å². The fourth-order valence-corrected chi connectivity index (χ4v) is 9.44. The highest BCUT2D eigenvalue weighted by atomic mass is 16.2. The van der Waals surface area contributed by atoms with Crippen LogP contribution in [0, 0.1) is 12.8 Å². The van der Waals surface area contributed by atoms with Crippen LogP contribution in [-0.4, -0.2) is 116 Å². The molecule has 19 nitrogen and oxygen atoms in total.